The number of aromatic nitrogens is 1. The first-order chi connectivity index (χ1) is 22.1. The van der Waals surface area contributed by atoms with Crippen molar-refractivity contribution >= 4 is 0 Å². The molecule has 2 nitrogen and oxygen atoms in total. The Morgan fingerprint density at radius 1 is 0.638 bits per heavy atom. The molecular formula is C34H20F11NO. The molecule has 13 heteroatoms. The summed E-state index contributed by atoms with van der Waals surface area (Å²) >= 11 is 0. The van der Waals surface area contributed by atoms with E-state index < -0.39 is 75.2 Å². The van der Waals surface area contributed by atoms with Gasteiger partial charge in [-0.05, 0) is 54.7 Å². The normalized spacial score (nSPS) is 11.4. The molecule has 0 saturated heterocycles. The van der Waals surface area contributed by atoms with Gasteiger partial charge >= 0.3 is 12.3 Å². The van der Waals surface area contributed by atoms with Gasteiger partial charge in [-0.25, -0.2) is 31.3 Å². The van der Waals surface area contributed by atoms with Crippen molar-refractivity contribution in [2.24, 2.45) is 0 Å². The first-order valence-corrected chi connectivity index (χ1v) is 13.7. The molecule has 4 rings (SSSR count). The predicted octanol–water partition coefficient (Wildman–Crippen LogP) is 9.60. The van der Waals surface area contributed by atoms with Crippen molar-refractivity contribution < 1.29 is 53.0 Å². The van der Waals surface area contributed by atoms with E-state index in [2.05, 4.69) is 28.5 Å². The van der Waals surface area contributed by atoms with E-state index in [0.29, 0.717) is 5.69 Å². The summed E-state index contributed by atoms with van der Waals surface area (Å²) in [5, 5.41) is 0. The minimum atomic E-state index is -5.51. The topological polar surface area (TPSA) is 22.1 Å². The second-order valence-corrected chi connectivity index (χ2v) is 10.0. The van der Waals surface area contributed by atoms with Crippen LogP contribution in [0.2, 0.25) is 0 Å². The van der Waals surface area contributed by atoms with Crippen molar-refractivity contribution in [2.45, 2.75) is 44.9 Å². The highest BCUT2D eigenvalue weighted by Gasteiger charge is 2.43. The number of nitrogens with zero attached hydrogens (tertiary/aromatic N) is 1. The van der Waals surface area contributed by atoms with Gasteiger partial charge in [0.05, 0.1) is 5.56 Å². The summed E-state index contributed by atoms with van der Waals surface area (Å²) in [7, 11) is 0. The minimum Gasteiger partial charge on any atom is -0.429 e. The lowest BCUT2D eigenvalue weighted by atomic mass is 10.1. The van der Waals surface area contributed by atoms with Crippen LogP contribution in [0.4, 0.5) is 48.3 Å². The van der Waals surface area contributed by atoms with Gasteiger partial charge in [-0.1, -0.05) is 43.6 Å². The number of pyridine rings is 1. The Morgan fingerprint density at radius 2 is 1.17 bits per heavy atom. The second kappa shape index (κ2) is 14.2. The molecule has 0 aliphatic heterocycles. The van der Waals surface area contributed by atoms with Crippen LogP contribution < -0.4 is 4.74 Å². The number of halogens is 11. The summed E-state index contributed by atoms with van der Waals surface area (Å²) < 4.78 is 157. The van der Waals surface area contributed by atoms with Gasteiger partial charge in [-0.2, -0.15) is 22.0 Å². The molecule has 0 amide bonds. The van der Waals surface area contributed by atoms with Crippen LogP contribution in [0.5, 0.6) is 5.75 Å². The molecule has 4 aromatic rings. The fraction of sp³-hybridized carbons (Fsp3) is 0.206. The fourth-order valence-electron chi connectivity index (χ4n) is 4.26. The molecule has 0 N–H and O–H groups in total. The first kappa shape index (κ1) is 34.8. The lowest BCUT2D eigenvalue weighted by Gasteiger charge is -2.20. The zero-order chi connectivity index (χ0) is 34.5. The summed E-state index contributed by atoms with van der Waals surface area (Å²) in [5.74, 6) is -3.19. The smallest absolute Gasteiger partial charge is 0.429 e. The number of ether oxygens (including phenoxy) is 1. The van der Waals surface area contributed by atoms with Gasteiger partial charge in [0.15, 0.2) is 0 Å². The third-order valence-corrected chi connectivity index (χ3v) is 6.48. The third kappa shape index (κ3) is 8.61. The highest BCUT2D eigenvalue weighted by Crippen LogP contribution is 2.39. The van der Waals surface area contributed by atoms with E-state index in [1.54, 1.807) is 12.3 Å². The van der Waals surface area contributed by atoms with E-state index in [0.717, 1.165) is 43.4 Å². The molecular weight excluding hydrogens is 647 g/mol. The second-order valence-electron chi connectivity index (χ2n) is 10.0. The van der Waals surface area contributed by atoms with Gasteiger partial charge in [-0.15, -0.1) is 0 Å². The lowest BCUT2D eigenvalue weighted by Crippen LogP contribution is -2.25. The summed E-state index contributed by atoms with van der Waals surface area (Å²) in [6, 6.07) is 5.27. The zero-order valence-electron chi connectivity index (χ0n) is 24.0. The van der Waals surface area contributed by atoms with Gasteiger partial charge in [0, 0.05) is 29.5 Å². The number of aryl methyl sites for hydroxylation is 1. The number of hydrogen-bond donors (Lipinski definition) is 0. The average molecular weight is 668 g/mol. The monoisotopic (exact) mass is 667 g/mol. The Labute approximate surface area is 261 Å². The Morgan fingerprint density at radius 3 is 1.68 bits per heavy atom. The maximum Gasteiger partial charge on any atom is 0.432 e. The third-order valence-electron chi connectivity index (χ3n) is 6.48. The molecule has 47 heavy (non-hydrogen) atoms. The van der Waals surface area contributed by atoms with Crippen LogP contribution in [0, 0.1) is 58.6 Å². The van der Waals surface area contributed by atoms with Crippen molar-refractivity contribution in [3.63, 3.8) is 0 Å². The summed E-state index contributed by atoms with van der Waals surface area (Å²) in [5.41, 5.74) is -4.64. The molecule has 1 aromatic heterocycles. The maximum atomic E-state index is 14.7. The van der Waals surface area contributed by atoms with E-state index in [-0.39, 0.29) is 29.8 Å². The number of hydrogen-bond acceptors (Lipinski definition) is 2. The van der Waals surface area contributed by atoms with Crippen molar-refractivity contribution in [1.82, 2.24) is 4.98 Å². The van der Waals surface area contributed by atoms with Crippen molar-refractivity contribution in [3.8, 4) is 29.4 Å². The molecule has 3 aromatic carbocycles. The average Bonchev–Trinajstić information content (AvgIpc) is 2.94. The fourth-order valence-corrected chi connectivity index (χ4v) is 4.26. The van der Waals surface area contributed by atoms with Crippen molar-refractivity contribution in [2.75, 3.05) is 0 Å². The number of rotatable bonds is 7. The number of benzene rings is 3. The molecule has 0 fully saturated rings. The first-order valence-electron chi connectivity index (χ1n) is 13.7. The van der Waals surface area contributed by atoms with E-state index in [1.165, 1.54) is 0 Å². The molecule has 0 unspecified atom stereocenters. The molecule has 1 heterocycles. The highest BCUT2D eigenvalue weighted by atomic mass is 19.4. The Kier molecular flexibility index (Phi) is 10.5. The minimum absolute atomic E-state index is 0.0733. The zero-order valence-corrected chi connectivity index (χ0v) is 24.0. The number of unbranched alkanes of at least 4 members (excludes halogenated alkanes) is 2. The Balaban J connectivity index is 1.53. The quantitative estimate of drug-likeness (QED) is 0.111. The Hall–Kier alpha value is -5.04. The molecule has 0 saturated carbocycles. The van der Waals surface area contributed by atoms with Crippen LogP contribution in [0.15, 0.2) is 54.7 Å². The predicted molar refractivity (Wildman–Crippen MR) is 148 cm³/mol. The van der Waals surface area contributed by atoms with Crippen LogP contribution >= 0.6 is 0 Å². The molecule has 0 aliphatic rings. The van der Waals surface area contributed by atoms with Gasteiger partial charge in [0.1, 0.15) is 57.5 Å². The van der Waals surface area contributed by atoms with Crippen LogP contribution in [-0.2, 0) is 18.7 Å². The molecule has 0 bridgehead atoms. The van der Waals surface area contributed by atoms with Gasteiger partial charge in [-0.3, -0.25) is 0 Å². The molecule has 244 valence electrons. The van der Waals surface area contributed by atoms with E-state index in [1.807, 2.05) is 17.9 Å². The van der Waals surface area contributed by atoms with E-state index in [4.69, 9.17) is 0 Å². The Bertz CT molecular complexity index is 1840. The molecule has 0 atom stereocenters. The molecule has 0 aliphatic carbocycles. The molecule has 0 radical (unpaired) electrons. The van der Waals surface area contributed by atoms with Gasteiger partial charge < -0.3 is 4.74 Å². The van der Waals surface area contributed by atoms with Gasteiger partial charge in [0.2, 0.25) is 0 Å². The summed E-state index contributed by atoms with van der Waals surface area (Å²) in [6.07, 6.45) is -4.81. The van der Waals surface area contributed by atoms with Crippen LogP contribution in [0.25, 0.3) is 0 Å². The molecule has 0 spiro atoms. The summed E-state index contributed by atoms with van der Waals surface area (Å²) in [4.78, 5) is 4.21. The van der Waals surface area contributed by atoms with Crippen molar-refractivity contribution in [3.05, 3.63) is 129 Å². The van der Waals surface area contributed by atoms with Gasteiger partial charge in [0.25, 0.3) is 0 Å². The van der Waals surface area contributed by atoms with E-state index in [9.17, 15) is 48.3 Å². The maximum absolute atomic E-state index is 14.7. The lowest BCUT2D eigenvalue weighted by molar-refractivity contribution is -0.189. The SMILES string of the molecule is CCCCCc1ccc(C#Cc2cc(F)c(C#Cc3cc(F)c(C(F)(F)Oc4cc(F)c(C(F)(F)F)c(F)c4)c(F)c3)c(F)c2)nc1. The number of alkyl halides is 5. The summed E-state index contributed by atoms with van der Waals surface area (Å²) in [6.45, 7) is 2.09. The largest absolute Gasteiger partial charge is 0.432 e. The van der Waals surface area contributed by atoms with E-state index >= 15 is 0 Å². The standard InChI is InChI=1S/C34H20F11NO/c1-2-3-4-5-19-6-9-22(46-18-19)10-7-20-12-25(35)24(26(36)13-20)11-8-21-14-27(37)32(28(38)15-21)34(44,45)47-23-16-29(39)31(30(40)17-23)33(41,42)43/h6,9,12-18H,2-5H2,1H3. The van der Waals surface area contributed by atoms with Crippen LogP contribution in [0.3, 0.4) is 0 Å². The van der Waals surface area contributed by atoms with Crippen LogP contribution in [-0.4, -0.2) is 4.98 Å². The highest BCUT2D eigenvalue weighted by molar-refractivity contribution is 5.49. The van der Waals surface area contributed by atoms with Crippen LogP contribution in [0.1, 0.15) is 65.3 Å². The van der Waals surface area contributed by atoms with Crippen molar-refractivity contribution in [1.29, 1.82) is 0 Å².